The van der Waals surface area contributed by atoms with Crippen LogP contribution < -0.4 is 10.1 Å². The molecule has 0 aliphatic rings. The van der Waals surface area contributed by atoms with E-state index in [1.165, 1.54) is 6.33 Å². The number of aryl methyl sites for hydroxylation is 1. The van der Waals surface area contributed by atoms with Crippen LogP contribution in [0.25, 0.3) is 0 Å². The zero-order chi connectivity index (χ0) is 12.3. The van der Waals surface area contributed by atoms with Gasteiger partial charge < -0.3 is 10.1 Å². The summed E-state index contributed by atoms with van der Waals surface area (Å²) >= 11 is 0. The Morgan fingerprint density at radius 2 is 2.24 bits per heavy atom. The number of aromatic nitrogens is 4. The van der Waals surface area contributed by atoms with Crippen LogP contribution in [-0.4, -0.2) is 27.3 Å². The Kier molecular flexibility index (Phi) is 3.22. The van der Waals surface area contributed by atoms with Crippen molar-refractivity contribution in [3.63, 3.8) is 0 Å². The van der Waals surface area contributed by atoms with Crippen LogP contribution in [0.1, 0.15) is 24.5 Å². The summed E-state index contributed by atoms with van der Waals surface area (Å²) in [4.78, 5) is 8.28. The van der Waals surface area contributed by atoms with Crippen LogP contribution in [-0.2, 0) is 0 Å². The predicted octanol–water partition coefficient (Wildman–Crippen LogP) is 1.69. The molecular formula is C11H15N5O. The summed E-state index contributed by atoms with van der Waals surface area (Å²) in [5.74, 6) is 1.49. The fourth-order valence-electron chi connectivity index (χ4n) is 1.55. The first kappa shape index (κ1) is 11.4. The lowest BCUT2D eigenvalue weighted by Crippen LogP contribution is -2.09. The van der Waals surface area contributed by atoms with Crippen LogP contribution in [0.3, 0.4) is 0 Å². The van der Waals surface area contributed by atoms with Gasteiger partial charge in [0.25, 0.3) is 0 Å². The topological polar surface area (TPSA) is 75.7 Å². The van der Waals surface area contributed by atoms with Crippen molar-refractivity contribution in [2.24, 2.45) is 0 Å². The second-order valence-corrected chi connectivity index (χ2v) is 3.76. The molecule has 6 nitrogen and oxygen atoms in total. The van der Waals surface area contributed by atoms with Crippen LogP contribution in [0.2, 0.25) is 0 Å². The lowest BCUT2D eigenvalue weighted by Gasteiger charge is -2.15. The van der Waals surface area contributed by atoms with Gasteiger partial charge in [-0.25, -0.2) is 4.98 Å². The van der Waals surface area contributed by atoms with Gasteiger partial charge in [-0.05, 0) is 19.9 Å². The Hall–Kier alpha value is -2.11. The van der Waals surface area contributed by atoms with Crippen LogP contribution >= 0.6 is 0 Å². The molecule has 2 aromatic heterocycles. The van der Waals surface area contributed by atoms with E-state index in [4.69, 9.17) is 4.74 Å². The summed E-state index contributed by atoms with van der Waals surface area (Å²) in [7, 11) is 1.62. The summed E-state index contributed by atoms with van der Waals surface area (Å²) in [6.45, 7) is 3.93. The van der Waals surface area contributed by atoms with Gasteiger partial charge >= 0.3 is 0 Å². The van der Waals surface area contributed by atoms with E-state index in [1.54, 1.807) is 13.3 Å². The molecule has 2 heterocycles. The smallest absolute Gasteiger partial charge is 0.160 e. The third-order valence-electron chi connectivity index (χ3n) is 2.44. The summed E-state index contributed by atoms with van der Waals surface area (Å²) in [5.41, 5.74) is 1.82. The Bertz CT molecular complexity index is 483. The van der Waals surface area contributed by atoms with Crippen molar-refractivity contribution in [2.75, 3.05) is 12.4 Å². The number of hydrogen-bond donors (Lipinski definition) is 2. The van der Waals surface area contributed by atoms with Crippen LogP contribution in [0, 0.1) is 6.92 Å². The molecule has 0 aliphatic carbocycles. The molecule has 6 heteroatoms. The minimum absolute atomic E-state index is 0.0215. The van der Waals surface area contributed by atoms with Gasteiger partial charge in [0.15, 0.2) is 5.75 Å². The van der Waals surface area contributed by atoms with Crippen LogP contribution in [0.5, 0.6) is 5.75 Å². The summed E-state index contributed by atoms with van der Waals surface area (Å²) < 4.78 is 5.25. The quantitative estimate of drug-likeness (QED) is 0.840. The van der Waals surface area contributed by atoms with E-state index in [0.29, 0.717) is 5.75 Å². The molecular weight excluding hydrogens is 218 g/mol. The molecule has 90 valence electrons. The highest BCUT2D eigenvalue weighted by Gasteiger charge is 2.11. The molecule has 2 aromatic rings. The van der Waals surface area contributed by atoms with Crippen molar-refractivity contribution in [1.82, 2.24) is 20.2 Å². The Balaban J connectivity index is 2.20. The maximum Gasteiger partial charge on any atom is 0.160 e. The Labute approximate surface area is 99.4 Å². The normalized spacial score (nSPS) is 12.2. The largest absolute Gasteiger partial charge is 0.493 e. The zero-order valence-corrected chi connectivity index (χ0v) is 10.1. The molecule has 0 saturated heterocycles. The van der Waals surface area contributed by atoms with E-state index in [9.17, 15) is 0 Å². The molecule has 0 aromatic carbocycles. The van der Waals surface area contributed by atoms with Gasteiger partial charge in [-0.2, -0.15) is 5.10 Å². The molecule has 1 atom stereocenters. The maximum atomic E-state index is 5.25. The number of pyridine rings is 1. The average molecular weight is 233 g/mol. The third kappa shape index (κ3) is 2.52. The Morgan fingerprint density at radius 1 is 1.41 bits per heavy atom. The number of anilines is 1. The first-order valence-corrected chi connectivity index (χ1v) is 5.33. The van der Waals surface area contributed by atoms with Gasteiger partial charge in [-0.15, -0.1) is 0 Å². The number of methoxy groups -OCH3 is 1. The van der Waals surface area contributed by atoms with Crippen molar-refractivity contribution in [3.05, 3.63) is 30.1 Å². The highest BCUT2D eigenvalue weighted by molar-refractivity contribution is 5.56. The zero-order valence-electron chi connectivity index (χ0n) is 10.1. The molecule has 0 amide bonds. The molecule has 0 aliphatic heterocycles. The predicted molar refractivity (Wildman–Crippen MR) is 63.9 cm³/mol. The van der Waals surface area contributed by atoms with E-state index >= 15 is 0 Å². The fourth-order valence-corrected chi connectivity index (χ4v) is 1.55. The fraction of sp³-hybridized carbons (Fsp3) is 0.364. The maximum absolute atomic E-state index is 5.25. The number of nitrogens with one attached hydrogen (secondary N) is 2. The molecule has 0 saturated carbocycles. The van der Waals surface area contributed by atoms with Crippen molar-refractivity contribution in [2.45, 2.75) is 19.9 Å². The standard InChI is InChI=1S/C11H15N5O/c1-7-4-9(10(17-3)5-12-7)15-8(2)11-13-6-14-16-11/h4-6,8H,1-3H3,(H,12,15)(H,13,14,16). The molecule has 0 bridgehead atoms. The minimum Gasteiger partial charge on any atom is -0.493 e. The van der Waals surface area contributed by atoms with Crippen LogP contribution in [0.15, 0.2) is 18.6 Å². The van der Waals surface area contributed by atoms with Crippen molar-refractivity contribution in [3.8, 4) is 5.75 Å². The van der Waals surface area contributed by atoms with Crippen molar-refractivity contribution in [1.29, 1.82) is 0 Å². The summed E-state index contributed by atoms with van der Waals surface area (Å²) in [6.07, 6.45) is 3.19. The number of nitrogens with zero attached hydrogens (tertiary/aromatic N) is 3. The van der Waals surface area contributed by atoms with Gasteiger partial charge in [0.05, 0.1) is 25.0 Å². The summed E-state index contributed by atoms with van der Waals surface area (Å²) in [5, 5.41) is 9.96. The average Bonchev–Trinajstić information content (AvgIpc) is 2.83. The number of ether oxygens (including phenoxy) is 1. The first-order valence-electron chi connectivity index (χ1n) is 5.33. The molecule has 0 fully saturated rings. The Morgan fingerprint density at radius 3 is 2.88 bits per heavy atom. The lowest BCUT2D eigenvalue weighted by atomic mass is 10.2. The van der Waals surface area contributed by atoms with Gasteiger partial charge in [0, 0.05) is 5.69 Å². The van der Waals surface area contributed by atoms with Crippen molar-refractivity contribution < 1.29 is 4.74 Å². The molecule has 1 unspecified atom stereocenters. The van der Waals surface area contributed by atoms with Gasteiger partial charge in [-0.3, -0.25) is 10.1 Å². The monoisotopic (exact) mass is 233 g/mol. The lowest BCUT2D eigenvalue weighted by molar-refractivity contribution is 0.414. The van der Waals surface area contributed by atoms with E-state index in [-0.39, 0.29) is 6.04 Å². The highest BCUT2D eigenvalue weighted by Crippen LogP contribution is 2.26. The molecule has 17 heavy (non-hydrogen) atoms. The second kappa shape index (κ2) is 4.82. The number of aromatic amines is 1. The third-order valence-corrected chi connectivity index (χ3v) is 2.44. The second-order valence-electron chi connectivity index (χ2n) is 3.76. The van der Waals surface area contributed by atoms with E-state index in [0.717, 1.165) is 17.2 Å². The van der Waals surface area contributed by atoms with Gasteiger partial charge in [0.2, 0.25) is 0 Å². The van der Waals surface area contributed by atoms with Crippen molar-refractivity contribution >= 4 is 5.69 Å². The van der Waals surface area contributed by atoms with E-state index in [2.05, 4.69) is 25.5 Å². The molecule has 2 rings (SSSR count). The van der Waals surface area contributed by atoms with E-state index in [1.807, 2.05) is 19.9 Å². The van der Waals surface area contributed by atoms with Gasteiger partial charge in [-0.1, -0.05) is 0 Å². The number of rotatable bonds is 4. The molecule has 2 N–H and O–H groups in total. The molecule has 0 spiro atoms. The SMILES string of the molecule is COc1cnc(C)cc1NC(C)c1ncn[nH]1. The first-order chi connectivity index (χ1) is 8.20. The minimum atomic E-state index is 0.0215. The molecule has 0 radical (unpaired) electrons. The number of H-pyrrole nitrogens is 1. The number of hydrogen-bond acceptors (Lipinski definition) is 5. The highest BCUT2D eigenvalue weighted by atomic mass is 16.5. The van der Waals surface area contributed by atoms with E-state index < -0.39 is 0 Å². The van der Waals surface area contributed by atoms with Gasteiger partial charge in [0.1, 0.15) is 12.2 Å². The summed E-state index contributed by atoms with van der Waals surface area (Å²) in [6, 6.07) is 1.96. The van der Waals surface area contributed by atoms with Crippen LogP contribution in [0.4, 0.5) is 5.69 Å².